The lowest BCUT2D eigenvalue weighted by molar-refractivity contribution is -0.383. The average molecular weight is 218 g/mol. The van der Waals surface area contributed by atoms with E-state index in [1.165, 1.54) is 6.07 Å². The number of rotatable bonds is 1. The van der Waals surface area contributed by atoms with E-state index in [0.29, 0.717) is 16.7 Å². The van der Waals surface area contributed by atoms with Crippen molar-refractivity contribution in [1.29, 1.82) is 0 Å². The van der Waals surface area contributed by atoms with Gasteiger partial charge in [-0.15, -0.1) is 0 Å². The number of hydrogen-bond donors (Lipinski definition) is 1. The zero-order valence-corrected chi connectivity index (χ0v) is 8.89. The highest BCUT2D eigenvalue weighted by Crippen LogP contribution is 2.28. The second-order valence-corrected chi connectivity index (χ2v) is 3.59. The molecule has 0 fully saturated rings. The van der Waals surface area contributed by atoms with Crippen LogP contribution in [0.1, 0.15) is 11.4 Å². The summed E-state index contributed by atoms with van der Waals surface area (Å²) in [6.45, 7) is 3.42. The Morgan fingerprint density at radius 3 is 2.62 bits per heavy atom. The van der Waals surface area contributed by atoms with Crippen LogP contribution in [0.5, 0.6) is 0 Å². The van der Waals surface area contributed by atoms with Gasteiger partial charge in [0.25, 0.3) is 5.69 Å². The first-order valence-electron chi connectivity index (χ1n) is 4.68. The largest absolute Gasteiger partial charge is 0.383 e. The molecule has 1 aromatic heterocycles. The molecule has 6 heteroatoms. The van der Waals surface area contributed by atoms with E-state index < -0.39 is 4.92 Å². The number of benzene rings is 1. The van der Waals surface area contributed by atoms with Gasteiger partial charge < -0.3 is 5.73 Å². The Bertz CT molecular complexity index is 595. The Kier molecular flexibility index (Phi) is 2.19. The van der Waals surface area contributed by atoms with Gasteiger partial charge in [-0.3, -0.25) is 10.1 Å². The van der Waals surface area contributed by atoms with Crippen molar-refractivity contribution in [2.75, 3.05) is 5.73 Å². The molecule has 0 aliphatic carbocycles. The van der Waals surface area contributed by atoms with Gasteiger partial charge in [-0.2, -0.15) is 0 Å². The summed E-state index contributed by atoms with van der Waals surface area (Å²) in [5.74, 6) is 0.700. The first-order chi connectivity index (χ1) is 7.49. The maximum absolute atomic E-state index is 10.9. The zero-order chi connectivity index (χ0) is 11.9. The van der Waals surface area contributed by atoms with Crippen molar-refractivity contribution in [3.63, 3.8) is 0 Å². The highest BCUT2D eigenvalue weighted by molar-refractivity contribution is 5.94. The Balaban J connectivity index is 2.95. The van der Waals surface area contributed by atoms with Crippen LogP contribution < -0.4 is 5.73 Å². The molecule has 0 amide bonds. The number of hydrogen-bond acceptors (Lipinski definition) is 5. The summed E-state index contributed by atoms with van der Waals surface area (Å²) in [5.41, 5.74) is 6.74. The van der Waals surface area contributed by atoms with Gasteiger partial charge in [0, 0.05) is 11.5 Å². The quantitative estimate of drug-likeness (QED) is 0.581. The number of nitrogens with zero attached hydrogens (tertiary/aromatic N) is 3. The molecule has 82 valence electrons. The predicted molar refractivity (Wildman–Crippen MR) is 60.1 cm³/mol. The maximum atomic E-state index is 10.9. The first kappa shape index (κ1) is 10.3. The Hall–Kier alpha value is -2.24. The van der Waals surface area contributed by atoms with Gasteiger partial charge in [-0.05, 0) is 25.5 Å². The third-order valence-electron chi connectivity index (χ3n) is 2.26. The molecule has 0 aliphatic rings. The molecule has 6 nitrogen and oxygen atoms in total. The fraction of sp³-hybridized carbons (Fsp3) is 0.200. The van der Waals surface area contributed by atoms with Crippen molar-refractivity contribution >= 4 is 22.4 Å². The molecule has 1 aromatic carbocycles. The van der Waals surface area contributed by atoms with E-state index >= 15 is 0 Å². The van der Waals surface area contributed by atoms with Crippen LogP contribution in [0.3, 0.4) is 0 Å². The van der Waals surface area contributed by atoms with Crippen molar-refractivity contribution in [2.24, 2.45) is 0 Å². The molecule has 1 heterocycles. The van der Waals surface area contributed by atoms with E-state index in [1.54, 1.807) is 19.9 Å². The van der Waals surface area contributed by atoms with E-state index in [1.807, 2.05) is 0 Å². The molecule has 0 spiro atoms. The number of nitro benzene ring substituents is 1. The second kappa shape index (κ2) is 3.41. The minimum atomic E-state index is -0.457. The van der Waals surface area contributed by atoms with E-state index in [0.717, 1.165) is 5.56 Å². The van der Waals surface area contributed by atoms with Gasteiger partial charge in [0.1, 0.15) is 11.6 Å². The molecule has 2 aromatic rings. The smallest absolute Gasteiger partial charge is 0.295 e. The molecule has 0 unspecified atom stereocenters. The van der Waals surface area contributed by atoms with Gasteiger partial charge in [0.05, 0.1) is 4.92 Å². The summed E-state index contributed by atoms with van der Waals surface area (Å²) in [7, 11) is 0. The fourth-order valence-corrected chi connectivity index (χ4v) is 1.63. The summed E-state index contributed by atoms with van der Waals surface area (Å²) >= 11 is 0. The monoisotopic (exact) mass is 218 g/mol. The van der Waals surface area contributed by atoms with Crippen molar-refractivity contribution < 1.29 is 4.92 Å². The number of aromatic nitrogens is 2. The molecule has 0 aliphatic heterocycles. The first-order valence-corrected chi connectivity index (χ1v) is 4.68. The highest BCUT2D eigenvalue weighted by atomic mass is 16.6. The molecule has 16 heavy (non-hydrogen) atoms. The van der Waals surface area contributed by atoms with Crippen LogP contribution in [0.2, 0.25) is 0 Å². The topological polar surface area (TPSA) is 94.9 Å². The van der Waals surface area contributed by atoms with Crippen LogP contribution in [0, 0.1) is 24.0 Å². The summed E-state index contributed by atoms with van der Waals surface area (Å²) in [5, 5.41) is 11.4. The summed E-state index contributed by atoms with van der Waals surface area (Å²) < 4.78 is 0. The van der Waals surface area contributed by atoms with Crippen molar-refractivity contribution in [1.82, 2.24) is 9.97 Å². The molecule has 2 rings (SSSR count). The molecule has 0 saturated heterocycles. The van der Waals surface area contributed by atoms with E-state index in [2.05, 4.69) is 9.97 Å². The van der Waals surface area contributed by atoms with Crippen LogP contribution in [0.4, 0.5) is 11.5 Å². The zero-order valence-electron chi connectivity index (χ0n) is 8.89. The maximum Gasteiger partial charge on any atom is 0.295 e. The third kappa shape index (κ3) is 1.54. The predicted octanol–water partition coefficient (Wildman–Crippen LogP) is 1.74. The van der Waals surface area contributed by atoms with Gasteiger partial charge in [0.2, 0.25) is 0 Å². The van der Waals surface area contributed by atoms with E-state index in [4.69, 9.17) is 5.73 Å². The summed E-state index contributed by atoms with van der Waals surface area (Å²) in [4.78, 5) is 18.5. The molecule has 2 N–H and O–H groups in total. The molecule has 0 atom stereocenters. The minimum absolute atomic E-state index is 0.0350. The highest BCUT2D eigenvalue weighted by Gasteiger charge is 2.16. The van der Waals surface area contributed by atoms with Gasteiger partial charge in [-0.25, -0.2) is 9.97 Å². The number of anilines is 1. The van der Waals surface area contributed by atoms with E-state index in [9.17, 15) is 10.1 Å². The van der Waals surface area contributed by atoms with Crippen LogP contribution in [-0.4, -0.2) is 14.9 Å². The van der Waals surface area contributed by atoms with Crippen LogP contribution in [-0.2, 0) is 0 Å². The third-order valence-corrected chi connectivity index (χ3v) is 2.26. The SMILES string of the molecule is Cc1cc([N+](=O)[O-])c2nc(C)nc(N)c2c1. The molecule has 0 radical (unpaired) electrons. The average Bonchev–Trinajstić information content (AvgIpc) is 2.18. The van der Waals surface area contributed by atoms with Gasteiger partial charge >= 0.3 is 0 Å². The number of nitrogens with two attached hydrogens (primary N) is 1. The molecular formula is C10H10N4O2. The normalized spacial score (nSPS) is 10.6. The number of non-ortho nitro benzene ring substituents is 1. The lowest BCUT2D eigenvalue weighted by atomic mass is 10.1. The van der Waals surface area contributed by atoms with Crippen molar-refractivity contribution in [3.05, 3.63) is 33.6 Å². The molecular weight excluding hydrogens is 208 g/mol. The van der Waals surface area contributed by atoms with Crippen LogP contribution in [0.15, 0.2) is 12.1 Å². The van der Waals surface area contributed by atoms with E-state index in [-0.39, 0.29) is 11.5 Å². The molecule has 0 saturated carbocycles. The lowest BCUT2D eigenvalue weighted by Crippen LogP contribution is -2.00. The number of aryl methyl sites for hydroxylation is 2. The second-order valence-electron chi connectivity index (χ2n) is 3.59. The standard InChI is InChI=1S/C10H10N4O2/c1-5-3-7-9(8(4-5)14(15)16)12-6(2)13-10(7)11/h3-4H,1-2H3,(H2,11,12,13). The fourth-order valence-electron chi connectivity index (χ4n) is 1.63. The number of nitrogen functional groups attached to an aromatic ring is 1. The Morgan fingerprint density at radius 2 is 2.00 bits per heavy atom. The van der Waals surface area contributed by atoms with Crippen molar-refractivity contribution in [3.8, 4) is 0 Å². The lowest BCUT2D eigenvalue weighted by Gasteiger charge is -2.04. The summed E-state index contributed by atoms with van der Waals surface area (Å²) in [6.07, 6.45) is 0. The van der Waals surface area contributed by atoms with Crippen LogP contribution >= 0.6 is 0 Å². The number of nitro groups is 1. The Morgan fingerprint density at radius 1 is 1.31 bits per heavy atom. The molecule has 0 bridgehead atoms. The minimum Gasteiger partial charge on any atom is -0.383 e. The number of fused-ring (bicyclic) bond motifs is 1. The van der Waals surface area contributed by atoms with Gasteiger partial charge in [-0.1, -0.05) is 0 Å². The van der Waals surface area contributed by atoms with Crippen molar-refractivity contribution in [2.45, 2.75) is 13.8 Å². The summed E-state index contributed by atoms with van der Waals surface area (Å²) in [6, 6.07) is 3.23. The van der Waals surface area contributed by atoms with Crippen LogP contribution in [0.25, 0.3) is 10.9 Å². The van der Waals surface area contributed by atoms with Gasteiger partial charge in [0.15, 0.2) is 5.52 Å². The Labute approximate surface area is 91.3 Å².